The summed E-state index contributed by atoms with van der Waals surface area (Å²) in [4.78, 5) is 0. The molecule has 0 aromatic rings. The lowest BCUT2D eigenvalue weighted by atomic mass is 29.6. The zero-order chi connectivity index (χ0) is 9.50. The second-order valence-corrected chi connectivity index (χ2v) is 37.4. The van der Waals surface area contributed by atoms with Gasteiger partial charge in [-0.2, -0.15) is 0 Å². The molecule has 0 amide bonds. The molecule has 0 aromatic carbocycles. The predicted octanol–water partition coefficient (Wildman–Crippen LogP) is 4.99. The minimum atomic E-state index is -1.77. The molecule has 0 saturated carbocycles. The maximum Gasteiger partial charge on any atom is -0.0335 e. The summed E-state index contributed by atoms with van der Waals surface area (Å²) in [6.45, 7) is 0. The molecule has 0 aliphatic rings. The topological polar surface area (TPSA) is 0 Å². The van der Waals surface area contributed by atoms with Gasteiger partial charge in [-0.15, -0.1) is 93.3 Å². The third kappa shape index (κ3) is 4.07. The van der Waals surface area contributed by atoms with Gasteiger partial charge in [-0.05, 0) is 18.5 Å². The van der Waals surface area contributed by atoms with Gasteiger partial charge >= 0.3 is 0 Å². The first-order valence-electron chi connectivity index (χ1n) is 1.79. The average molecular weight is 361 g/mol. The highest BCUT2D eigenvalue weighted by atomic mass is 34.5. The Bertz CT molecular complexity index is 111. The minimum Gasteiger partial charge on any atom is -0.101 e. The van der Waals surface area contributed by atoms with E-state index in [9.17, 15) is 0 Å². The van der Waals surface area contributed by atoms with E-state index >= 15 is 0 Å². The van der Waals surface area contributed by atoms with Crippen molar-refractivity contribution in [3.8, 4) is 0 Å². The van der Waals surface area contributed by atoms with Gasteiger partial charge in [0.25, 0.3) is 0 Å². The highest BCUT2D eigenvalue weighted by molar-refractivity contribution is 10.0. The molecule has 74 valence electrons. The van der Waals surface area contributed by atoms with Crippen LogP contribution in [0.1, 0.15) is 0 Å². The fourth-order valence-electron chi connectivity index (χ4n) is 0.122. The zero-order valence-electron chi connectivity index (χ0n) is 4.80. The quantitative estimate of drug-likeness (QED) is 0.247. The Morgan fingerprint density at radius 3 is 0.636 bits per heavy atom. The molecule has 0 radical (unpaired) electrons. The maximum absolute atomic E-state index is 4.31. The molecule has 0 unspecified atom stereocenters. The molecule has 0 aliphatic carbocycles. The standard InChI is InChI=1S/H8S11/c1-9(2,3)11(7,8)10(4,5)6/h1-8H. The van der Waals surface area contributed by atoms with E-state index in [1.807, 2.05) is 0 Å². The van der Waals surface area contributed by atoms with Crippen molar-refractivity contribution in [1.82, 2.24) is 0 Å². The van der Waals surface area contributed by atoms with Crippen molar-refractivity contribution in [2.75, 3.05) is 0 Å². The third-order valence-electron chi connectivity index (χ3n) is 0.583. The molecule has 0 spiro atoms. The van der Waals surface area contributed by atoms with Crippen molar-refractivity contribution in [3.63, 3.8) is 0 Å². The van der Waals surface area contributed by atoms with E-state index in [0.717, 1.165) is 0 Å². The van der Waals surface area contributed by atoms with Crippen LogP contribution in [0.4, 0.5) is 0 Å². The predicted molar refractivity (Wildman–Crippen MR) is 94.7 cm³/mol. The maximum atomic E-state index is 4.31. The van der Waals surface area contributed by atoms with Gasteiger partial charge in [0.15, 0.2) is 0 Å². The second kappa shape index (κ2) is 4.79. The lowest BCUT2D eigenvalue weighted by molar-refractivity contribution is 5.14. The van der Waals surface area contributed by atoms with Crippen molar-refractivity contribution in [3.05, 3.63) is 0 Å². The first kappa shape index (κ1) is 14.8. The van der Waals surface area contributed by atoms with Gasteiger partial charge in [-0.3, -0.25) is 0 Å². The van der Waals surface area contributed by atoms with Crippen LogP contribution >= 0.6 is 112 Å². The number of rotatable bonds is 2. The van der Waals surface area contributed by atoms with Crippen molar-refractivity contribution >= 4 is 112 Å². The molecule has 0 nitrogen and oxygen atoms in total. The van der Waals surface area contributed by atoms with Crippen LogP contribution in [0.3, 0.4) is 0 Å². The van der Waals surface area contributed by atoms with Crippen LogP contribution in [0.15, 0.2) is 0 Å². The van der Waals surface area contributed by atoms with Crippen molar-refractivity contribution in [2.45, 2.75) is 0 Å². The smallest absolute Gasteiger partial charge is 0.0335 e. The van der Waals surface area contributed by atoms with Crippen molar-refractivity contribution in [2.24, 2.45) is 0 Å². The Kier molecular flexibility index (Phi) is 6.47. The summed E-state index contributed by atoms with van der Waals surface area (Å²) in [6.07, 6.45) is -5.29. The van der Waals surface area contributed by atoms with E-state index in [2.05, 4.69) is 93.3 Å². The Morgan fingerprint density at radius 2 is 0.636 bits per heavy atom. The molecule has 0 aromatic heterocycles. The van der Waals surface area contributed by atoms with E-state index in [-0.39, 0.29) is 0 Å². The van der Waals surface area contributed by atoms with E-state index in [1.54, 1.807) is 0 Å². The van der Waals surface area contributed by atoms with Crippen molar-refractivity contribution < 1.29 is 0 Å². The molecule has 0 aliphatic heterocycles. The summed E-state index contributed by atoms with van der Waals surface area (Å²) in [5, 5.41) is 0. The molecule has 11 heteroatoms. The molecule has 11 heavy (non-hydrogen) atoms. The molecule has 0 bridgehead atoms. The first-order chi connectivity index (χ1) is 4.50. The minimum absolute atomic E-state index is 1.76. The van der Waals surface area contributed by atoms with Crippen molar-refractivity contribution in [1.29, 1.82) is 0 Å². The fraction of sp³-hybridized carbons (Fsp3) is 0. The van der Waals surface area contributed by atoms with Gasteiger partial charge < -0.3 is 0 Å². The Balaban J connectivity index is 4.75. The summed E-state index contributed by atoms with van der Waals surface area (Å²) in [6, 6.07) is 0. The summed E-state index contributed by atoms with van der Waals surface area (Å²) < 4.78 is 0. The molecular weight excluding hydrogens is 353 g/mol. The van der Waals surface area contributed by atoms with Crippen LogP contribution < -0.4 is 0 Å². The van der Waals surface area contributed by atoms with Gasteiger partial charge in [-0.1, -0.05) is 0 Å². The molecule has 0 N–H and O–H groups in total. The molecule has 0 fully saturated rings. The normalized spacial score (nSPS) is 19.6. The third-order valence-corrected chi connectivity index (χ3v) is 47.2. The van der Waals surface area contributed by atoms with E-state index < -0.39 is 18.5 Å². The second-order valence-electron chi connectivity index (χ2n) is 1.38. The van der Waals surface area contributed by atoms with Gasteiger partial charge in [-0.25, -0.2) is 0 Å². The highest BCUT2D eigenvalue weighted by Gasteiger charge is 2.40. The van der Waals surface area contributed by atoms with Gasteiger partial charge in [0.1, 0.15) is 0 Å². The number of hydrogen-bond donors (Lipinski definition) is 8. The summed E-state index contributed by atoms with van der Waals surface area (Å²) in [5.74, 6) is 0. The SMILES string of the molecule is SS(S)(S)S(S)(S)S(S)(S)S. The van der Waals surface area contributed by atoms with E-state index in [0.29, 0.717) is 0 Å². The van der Waals surface area contributed by atoms with Gasteiger partial charge in [0.05, 0.1) is 0 Å². The average Bonchev–Trinajstić information content (AvgIpc) is 1.58. The molecule has 0 saturated heterocycles. The first-order valence-corrected chi connectivity index (χ1v) is 16.1. The summed E-state index contributed by atoms with van der Waals surface area (Å²) >= 11 is 33.8. The van der Waals surface area contributed by atoms with Crippen LogP contribution in [0, 0.1) is 0 Å². The Labute approximate surface area is 110 Å². The molecule has 0 atom stereocenters. The fourth-order valence-corrected chi connectivity index (χ4v) is 29.8. The lowest BCUT2D eigenvalue weighted by Gasteiger charge is -2.51. The lowest BCUT2D eigenvalue weighted by Crippen LogP contribution is -1.80. The van der Waals surface area contributed by atoms with Gasteiger partial charge in [0, 0.05) is 0 Å². The Morgan fingerprint density at radius 1 is 0.455 bits per heavy atom. The monoisotopic (exact) mass is 360 g/mol. The molecule has 0 heterocycles. The number of hydrogen-bond acceptors (Lipinski definition) is 8. The summed E-state index contributed by atoms with van der Waals surface area (Å²) in [5.41, 5.74) is 0. The summed E-state index contributed by atoms with van der Waals surface area (Å²) in [7, 11) is 0. The van der Waals surface area contributed by atoms with E-state index in [1.165, 1.54) is 0 Å². The highest BCUT2D eigenvalue weighted by Crippen LogP contribution is 3.10. The van der Waals surface area contributed by atoms with Crippen LogP contribution in [0.25, 0.3) is 0 Å². The largest absolute Gasteiger partial charge is 0.101 e. The zero-order valence-corrected chi connectivity index (χ0v) is 14.4. The van der Waals surface area contributed by atoms with Crippen LogP contribution in [0.5, 0.6) is 0 Å². The van der Waals surface area contributed by atoms with E-state index in [4.69, 9.17) is 0 Å². The van der Waals surface area contributed by atoms with Crippen LogP contribution in [-0.2, 0) is 0 Å². The number of thiol groups is 8. The van der Waals surface area contributed by atoms with Crippen LogP contribution in [0.2, 0.25) is 0 Å². The molecule has 0 rings (SSSR count). The molecular formula is H8S11. The van der Waals surface area contributed by atoms with Gasteiger partial charge in [0.2, 0.25) is 0 Å². The Hall–Kier alpha value is 3.85. The van der Waals surface area contributed by atoms with Crippen LogP contribution in [-0.4, -0.2) is 0 Å².